The van der Waals surface area contributed by atoms with Gasteiger partial charge in [0.2, 0.25) is 0 Å². The molecule has 0 N–H and O–H groups in total. The van der Waals surface area contributed by atoms with Crippen LogP contribution >= 0.6 is 22.9 Å². The summed E-state index contributed by atoms with van der Waals surface area (Å²) >= 11 is 6.93. The van der Waals surface area contributed by atoms with Crippen molar-refractivity contribution in [2.24, 2.45) is 0 Å². The van der Waals surface area contributed by atoms with Gasteiger partial charge in [-0.15, -0.1) is 0 Å². The topological polar surface area (TPSA) is 65.3 Å². The zero-order chi connectivity index (χ0) is 12.4. The molecule has 1 heterocycles. The second-order valence-electron chi connectivity index (χ2n) is 3.25. The molecule has 5 nitrogen and oxygen atoms in total. The van der Waals surface area contributed by atoms with Crippen molar-refractivity contribution in [3.05, 3.63) is 44.4 Å². The van der Waals surface area contributed by atoms with Gasteiger partial charge in [0, 0.05) is 17.5 Å². The number of hydrogen-bond acceptors (Lipinski definition) is 5. The number of thiazole rings is 1. The lowest BCUT2D eigenvalue weighted by Gasteiger charge is -2.04. The first-order valence-electron chi connectivity index (χ1n) is 4.60. The molecule has 0 aliphatic heterocycles. The smallest absolute Gasteiger partial charge is 0.280 e. The van der Waals surface area contributed by atoms with Gasteiger partial charge in [0.1, 0.15) is 10.9 Å². The summed E-state index contributed by atoms with van der Waals surface area (Å²) in [6.07, 6.45) is 0. The number of non-ortho nitro benzene ring substituents is 1. The van der Waals surface area contributed by atoms with Crippen molar-refractivity contribution in [2.45, 2.75) is 6.92 Å². The van der Waals surface area contributed by atoms with Gasteiger partial charge in [0.05, 0.1) is 4.92 Å². The van der Waals surface area contributed by atoms with Crippen molar-refractivity contribution in [3.8, 4) is 10.9 Å². The van der Waals surface area contributed by atoms with E-state index in [0.717, 1.165) is 0 Å². The van der Waals surface area contributed by atoms with E-state index in [2.05, 4.69) is 4.98 Å². The molecular formula is C10H7ClN2O3S. The molecule has 0 bridgehead atoms. The number of halogens is 1. The van der Waals surface area contributed by atoms with Crippen molar-refractivity contribution in [3.63, 3.8) is 0 Å². The van der Waals surface area contributed by atoms with Crippen molar-refractivity contribution >= 4 is 28.6 Å². The molecule has 0 aliphatic rings. The highest BCUT2D eigenvalue weighted by Crippen LogP contribution is 2.30. The van der Waals surface area contributed by atoms with Crippen molar-refractivity contribution < 1.29 is 9.66 Å². The lowest BCUT2D eigenvalue weighted by molar-refractivity contribution is -0.384. The summed E-state index contributed by atoms with van der Waals surface area (Å²) in [6, 6.07) is 4.38. The molecule has 2 rings (SSSR count). The Morgan fingerprint density at radius 1 is 1.53 bits per heavy atom. The van der Waals surface area contributed by atoms with Crippen molar-refractivity contribution in [2.75, 3.05) is 0 Å². The third-order valence-corrected chi connectivity index (χ3v) is 3.06. The Morgan fingerprint density at radius 3 is 2.82 bits per heavy atom. The molecule has 0 fully saturated rings. The molecule has 88 valence electrons. The van der Waals surface area contributed by atoms with Gasteiger partial charge in [0.25, 0.3) is 10.9 Å². The van der Waals surface area contributed by atoms with E-state index >= 15 is 0 Å². The van der Waals surface area contributed by atoms with Gasteiger partial charge in [-0.25, -0.2) is 0 Å². The highest BCUT2D eigenvalue weighted by molar-refractivity contribution is 7.11. The summed E-state index contributed by atoms with van der Waals surface area (Å²) in [5.41, 5.74) is 0.706. The van der Waals surface area contributed by atoms with Crippen LogP contribution in [-0.2, 0) is 0 Å². The third-order valence-electron chi connectivity index (χ3n) is 2.02. The summed E-state index contributed by atoms with van der Waals surface area (Å²) in [5.74, 6) is 0.529. The Bertz CT molecular complexity index is 570. The van der Waals surface area contributed by atoms with Gasteiger partial charge in [-0.2, -0.15) is 4.98 Å². The van der Waals surface area contributed by atoms with Crippen molar-refractivity contribution in [1.82, 2.24) is 4.98 Å². The predicted molar refractivity (Wildman–Crippen MR) is 65.0 cm³/mol. The number of aryl methyl sites for hydroxylation is 1. The Labute approximate surface area is 106 Å². The van der Waals surface area contributed by atoms with E-state index < -0.39 is 4.92 Å². The average Bonchev–Trinajstić information content (AvgIpc) is 2.67. The first-order valence-corrected chi connectivity index (χ1v) is 5.86. The predicted octanol–water partition coefficient (Wildman–Crippen LogP) is 3.81. The van der Waals surface area contributed by atoms with Crippen LogP contribution in [-0.4, -0.2) is 9.91 Å². The van der Waals surface area contributed by atoms with Crippen LogP contribution in [0.5, 0.6) is 10.9 Å². The number of nitro benzene ring substituents is 1. The Kier molecular flexibility index (Phi) is 3.26. The van der Waals surface area contributed by atoms with Gasteiger partial charge in [-0.3, -0.25) is 10.1 Å². The Hall–Kier alpha value is -1.66. The van der Waals surface area contributed by atoms with Gasteiger partial charge >= 0.3 is 0 Å². The number of hydrogen-bond donors (Lipinski definition) is 0. The molecular weight excluding hydrogens is 264 g/mol. The molecule has 0 saturated heterocycles. The molecule has 0 radical (unpaired) electrons. The minimum atomic E-state index is -0.447. The van der Waals surface area contributed by atoms with Crippen LogP contribution in [0.15, 0.2) is 23.6 Å². The van der Waals surface area contributed by atoms with Crippen LogP contribution in [0, 0.1) is 17.0 Å². The summed E-state index contributed by atoms with van der Waals surface area (Å²) in [4.78, 5) is 14.0. The summed E-state index contributed by atoms with van der Waals surface area (Å²) in [6.45, 7) is 1.73. The van der Waals surface area contributed by atoms with Crippen molar-refractivity contribution in [1.29, 1.82) is 0 Å². The number of nitrogens with zero attached hydrogens (tertiary/aromatic N) is 2. The highest BCUT2D eigenvalue weighted by atomic mass is 35.5. The number of ether oxygens (including phenoxy) is 1. The molecule has 0 atom stereocenters. The van der Waals surface area contributed by atoms with E-state index in [-0.39, 0.29) is 5.69 Å². The SMILES string of the molecule is Cc1cc([N+](=O)[O-])ccc1Oc1nc(Cl)cs1. The highest BCUT2D eigenvalue weighted by Gasteiger charge is 2.10. The van der Waals surface area contributed by atoms with Crippen LogP contribution in [0.1, 0.15) is 5.56 Å². The van der Waals surface area contributed by atoms with Gasteiger partial charge in [-0.1, -0.05) is 22.9 Å². The van der Waals surface area contributed by atoms with E-state index in [1.165, 1.54) is 23.5 Å². The summed E-state index contributed by atoms with van der Waals surface area (Å²) < 4.78 is 5.47. The number of aromatic nitrogens is 1. The van der Waals surface area contributed by atoms with E-state index in [1.807, 2.05) is 0 Å². The van der Waals surface area contributed by atoms with Crippen LogP contribution in [0.25, 0.3) is 0 Å². The standard InChI is InChI=1S/C10H7ClN2O3S/c1-6-4-7(13(14)15)2-3-8(6)16-10-12-9(11)5-17-10/h2-5H,1H3. The first-order chi connectivity index (χ1) is 8.06. The molecule has 1 aromatic carbocycles. The lowest BCUT2D eigenvalue weighted by Crippen LogP contribution is -1.91. The molecule has 0 spiro atoms. The second kappa shape index (κ2) is 4.68. The fourth-order valence-electron chi connectivity index (χ4n) is 1.24. The number of nitro groups is 1. The minimum absolute atomic E-state index is 0.0343. The van der Waals surface area contributed by atoms with Gasteiger partial charge in [-0.05, 0) is 18.6 Å². The summed E-state index contributed by atoms with van der Waals surface area (Å²) in [7, 11) is 0. The second-order valence-corrected chi connectivity index (χ2v) is 4.45. The first kappa shape index (κ1) is 11.8. The molecule has 1 aromatic heterocycles. The third kappa shape index (κ3) is 2.72. The number of benzene rings is 1. The molecule has 17 heavy (non-hydrogen) atoms. The van der Waals surface area contributed by atoms with E-state index in [0.29, 0.717) is 21.7 Å². The zero-order valence-electron chi connectivity index (χ0n) is 8.71. The average molecular weight is 271 g/mol. The maximum atomic E-state index is 10.6. The largest absolute Gasteiger partial charge is 0.431 e. The molecule has 0 unspecified atom stereocenters. The molecule has 2 aromatic rings. The Morgan fingerprint density at radius 2 is 2.29 bits per heavy atom. The zero-order valence-corrected chi connectivity index (χ0v) is 10.3. The van der Waals surface area contributed by atoms with E-state index in [1.54, 1.807) is 18.4 Å². The van der Waals surface area contributed by atoms with Crippen LogP contribution in [0.4, 0.5) is 5.69 Å². The Balaban J connectivity index is 2.25. The number of rotatable bonds is 3. The van der Waals surface area contributed by atoms with Crippen LogP contribution in [0.2, 0.25) is 5.15 Å². The van der Waals surface area contributed by atoms with Crippen LogP contribution < -0.4 is 4.74 Å². The van der Waals surface area contributed by atoms with E-state index in [4.69, 9.17) is 16.3 Å². The summed E-state index contributed by atoms with van der Waals surface area (Å²) in [5, 5.41) is 13.0. The maximum absolute atomic E-state index is 10.6. The fourth-order valence-corrected chi connectivity index (χ4v) is 2.04. The van der Waals surface area contributed by atoms with Gasteiger partial charge in [0.15, 0.2) is 0 Å². The van der Waals surface area contributed by atoms with E-state index in [9.17, 15) is 10.1 Å². The molecule has 7 heteroatoms. The molecule has 0 amide bonds. The molecule has 0 aliphatic carbocycles. The normalized spacial score (nSPS) is 10.2. The molecule has 0 saturated carbocycles. The van der Waals surface area contributed by atoms with Gasteiger partial charge < -0.3 is 4.74 Å². The van der Waals surface area contributed by atoms with Crippen LogP contribution in [0.3, 0.4) is 0 Å². The quantitative estimate of drug-likeness (QED) is 0.628. The fraction of sp³-hybridized carbons (Fsp3) is 0.100. The minimum Gasteiger partial charge on any atom is -0.431 e. The lowest BCUT2D eigenvalue weighted by atomic mass is 10.2. The maximum Gasteiger partial charge on any atom is 0.280 e. The monoisotopic (exact) mass is 270 g/mol.